The number of ether oxygens (including phenoxy) is 1. The summed E-state index contributed by atoms with van der Waals surface area (Å²) in [5, 5.41) is 37.1. The third kappa shape index (κ3) is 10.1. The highest BCUT2D eigenvalue weighted by Gasteiger charge is 2.38. The van der Waals surface area contributed by atoms with Crippen molar-refractivity contribution >= 4 is 41.4 Å². The fourth-order valence-electron chi connectivity index (χ4n) is 3.47. The highest BCUT2D eigenvalue weighted by Crippen LogP contribution is 2.27. The molecule has 0 aliphatic carbocycles. The number of fused-ring (bicyclic) bond motifs is 2. The molecular weight excluding hydrogens is 559 g/mol. The van der Waals surface area contributed by atoms with E-state index in [1.165, 1.54) is 0 Å². The van der Waals surface area contributed by atoms with Gasteiger partial charge in [-0.3, -0.25) is 20.0 Å². The molecule has 8 N–H and O–H groups in total. The second-order valence-corrected chi connectivity index (χ2v) is 8.41. The molecule has 1 atom stereocenters. The van der Waals surface area contributed by atoms with Crippen molar-refractivity contribution in [2.24, 2.45) is 5.73 Å². The van der Waals surface area contributed by atoms with E-state index in [0.717, 1.165) is 0 Å². The molecule has 1 unspecified atom stereocenters. The fraction of sp³-hybridized carbons (Fsp3) is 0.292. The lowest BCUT2D eigenvalue weighted by Gasteiger charge is -2.18. The summed E-state index contributed by atoms with van der Waals surface area (Å²) in [6, 6.07) is 6.62. The molecule has 2 heterocycles. The number of esters is 1. The standard InChI is InChI=1S/C22H23N5O7.C2HF3O2/c23-22(24)26-13-2-5-14-11(9-13)1-6-15-17(34-21(14)33)7-3-12(25-15)4-8-18(28)27-16(20(31)32)10-19(29)30;3-2(4,5)1(6)7/h2-3,5,7,9,16H,1,4,6,8,10H2,(H,27,28)(H,29,30)(H,31,32)(H4,23,24,26);(H,6,7). The predicted molar refractivity (Wildman–Crippen MR) is 132 cm³/mol. The van der Waals surface area contributed by atoms with Crippen LogP contribution >= 0.6 is 0 Å². The number of anilines is 1. The number of pyridine rings is 1. The predicted octanol–water partition coefficient (Wildman–Crippen LogP) is 1.31. The summed E-state index contributed by atoms with van der Waals surface area (Å²) in [6.07, 6.45) is -4.82. The third-order valence-corrected chi connectivity index (χ3v) is 5.29. The summed E-state index contributed by atoms with van der Waals surface area (Å²) < 4.78 is 37.2. The molecular formula is C24H24F3N5O9. The summed E-state index contributed by atoms with van der Waals surface area (Å²) in [5.74, 6) is -6.61. The Kier molecular flexibility index (Phi) is 10.7. The van der Waals surface area contributed by atoms with E-state index in [1.54, 1.807) is 30.3 Å². The molecule has 1 aromatic carbocycles. The van der Waals surface area contributed by atoms with Gasteiger partial charge in [-0.15, -0.1) is 0 Å². The van der Waals surface area contributed by atoms with Crippen LogP contribution in [0.5, 0.6) is 5.75 Å². The zero-order valence-electron chi connectivity index (χ0n) is 20.9. The van der Waals surface area contributed by atoms with Crippen molar-refractivity contribution in [3.63, 3.8) is 0 Å². The molecule has 1 aliphatic heterocycles. The van der Waals surface area contributed by atoms with E-state index in [1.807, 2.05) is 0 Å². The second-order valence-electron chi connectivity index (χ2n) is 8.41. The normalized spacial score (nSPS) is 12.9. The highest BCUT2D eigenvalue weighted by atomic mass is 19.4. The zero-order valence-corrected chi connectivity index (χ0v) is 20.9. The number of aryl methyl sites for hydroxylation is 3. The molecule has 0 radical (unpaired) electrons. The minimum Gasteiger partial charge on any atom is -0.481 e. The van der Waals surface area contributed by atoms with Crippen LogP contribution in [0.25, 0.3) is 0 Å². The lowest BCUT2D eigenvalue weighted by molar-refractivity contribution is -0.192. The van der Waals surface area contributed by atoms with Crippen LogP contribution in [-0.4, -0.2) is 68.3 Å². The van der Waals surface area contributed by atoms with Crippen molar-refractivity contribution in [3.8, 4) is 5.75 Å². The summed E-state index contributed by atoms with van der Waals surface area (Å²) in [6.45, 7) is 0. The van der Waals surface area contributed by atoms with Crippen molar-refractivity contribution in [1.29, 1.82) is 5.41 Å². The van der Waals surface area contributed by atoms with Gasteiger partial charge < -0.3 is 36.4 Å². The number of carbonyl (C=O) groups excluding carboxylic acids is 2. The zero-order chi connectivity index (χ0) is 30.9. The highest BCUT2D eigenvalue weighted by molar-refractivity contribution is 5.95. The number of aromatic nitrogens is 1. The van der Waals surface area contributed by atoms with Crippen molar-refractivity contribution < 1.29 is 57.2 Å². The maximum atomic E-state index is 12.6. The number of carbonyl (C=O) groups is 5. The van der Waals surface area contributed by atoms with Gasteiger partial charge in [0.25, 0.3) is 0 Å². The van der Waals surface area contributed by atoms with Gasteiger partial charge in [0, 0.05) is 17.8 Å². The number of guanidine groups is 1. The minimum atomic E-state index is -5.08. The molecule has 1 aromatic heterocycles. The maximum Gasteiger partial charge on any atom is 0.490 e. The lowest BCUT2D eigenvalue weighted by Crippen LogP contribution is -2.42. The molecule has 41 heavy (non-hydrogen) atoms. The van der Waals surface area contributed by atoms with Crippen LogP contribution in [0.1, 0.15) is 40.2 Å². The Labute approximate surface area is 228 Å². The summed E-state index contributed by atoms with van der Waals surface area (Å²) in [7, 11) is 0. The van der Waals surface area contributed by atoms with Gasteiger partial charge in [0.05, 0.1) is 17.7 Å². The number of carboxylic acid groups (broad SMARTS) is 3. The topological polar surface area (TPSA) is 242 Å². The number of rotatable bonds is 8. The van der Waals surface area contributed by atoms with E-state index in [-0.39, 0.29) is 18.8 Å². The van der Waals surface area contributed by atoms with E-state index in [2.05, 4.69) is 15.6 Å². The lowest BCUT2D eigenvalue weighted by atomic mass is 9.99. The van der Waals surface area contributed by atoms with Crippen LogP contribution in [0.3, 0.4) is 0 Å². The Hall–Kier alpha value is -5.22. The number of nitrogens with zero attached hydrogens (tertiary/aromatic N) is 1. The van der Waals surface area contributed by atoms with Crippen LogP contribution in [-0.2, 0) is 38.4 Å². The van der Waals surface area contributed by atoms with Crippen molar-refractivity contribution in [3.05, 3.63) is 52.8 Å². The summed E-state index contributed by atoms with van der Waals surface area (Å²) in [4.78, 5) is 59.9. The number of nitrogens with two attached hydrogens (primary N) is 1. The molecule has 17 heteroatoms. The van der Waals surface area contributed by atoms with Gasteiger partial charge in [-0.25, -0.2) is 14.4 Å². The van der Waals surface area contributed by atoms with Crippen LogP contribution < -0.4 is 21.1 Å². The minimum absolute atomic E-state index is 0.0993. The Morgan fingerprint density at radius 2 is 1.76 bits per heavy atom. The average Bonchev–Trinajstić information content (AvgIpc) is 2.85. The van der Waals surface area contributed by atoms with E-state index in [9.17, 15) is 32.3 Å². The van der Waals surface area contributed by atoms with Crippen molar-refractivity contribution in [1.82, 2.24) is 10.3 Å². The van der Waals surface area contributed by atoms with E-state index >= 15 is 0 Å². The number of alkyl halides is 3. The monoisotopic (exact) mass is 583 g/mol. The Morgan fingerprint density at radius 3 is 2.32 bits per heavy atom. The number of benzene rings is 1. The number of carboxylic acids is 3. The molecule has 3 rings (SSSR count). The molecule has 0 bridgehead atoms. The van der Waals surface area contributed by atoms with Crippen LogP contribution in [0.15, 0.2) is 30.3 Å². The van der Waals surface area contributed by atoms with E-state index in [4.69, 9.17) is 36.0 Å². The molecule has 1 aliphatic rings. The van der Waals surface area contributed by atoms with Gasteiger partial charge in [-0.1, -0.05) is 0 Å². The summed E-state index contributed by atoms with van der Waals surface area (Å²) >= 11 is 0. The molecule has 220 valence electrons. The van der Waals surface area contributed by atoms with Crippen LogP contribution in [0, 0.1) is 5.41 Å². The second kappa shape index (κ2) is 13.7. The molecule has 0 saturated carbocycles. The first-order valence-corrected chi connectivity index (χ1v) is 11.6. The quantitative estimate of drug-likeness (QED) is 0.132. The molecule has 0 saturated heterocycles. The number of hydrogen-bond donors (Lipinski definition) is 7. The van der Waals surface area contributed by atoms with Gasteiger partial charge in [-0.05, 0) is 55.2 Å². The van der Waals surface area contributed by atoms with Gasteiger partial charge in [0.15, 0.2) is 11.7 Å². The molecule has 14 nitrogen and oxygen atoms in total. The third-order valence-electron chi connectivity index (χ3n) is 5.29. The Morgan fingerprint density at radius 1 is 1.10 bits per heavy atom. The smallest absolute Gasteiger partial charge is 0.481 e. The molecule has 2 aromatic rings. The molecule has 0 spiro atoms. The van der Waals surface area contributed by atoms with Gasteiger partial charge >= 0.3 is 30.1 Å². The first-order valence-electron chi connectivity index (χ1n) is 11.6. The van der Waals surface area contributed by atoms with Gasteiger partial charge in [-0.2, -0.15) is 13.2 Å². The maximum absolute atomic E-state index is 12.6. The number of hydrogen-bond acceptors (Lipinski definition) is 8. The first kappa shape index (κ1) is 32.0. The molecule has 0 fully saturated rings. The Bertz CT molecular complexity index is 1360. The number of halogens is 3. The fourth-order valence-corrected chi connectivity index (χ4v) is 3.47. The number of nitrogens with one attached hydrogen (secondary N) is 3. The number of aliphatic carboxylic acids is 3. The Balaban J connectivity index is 0.000000745. The SMILES string of the molecule is N=C(N)Nc1ccc2c(c1)CCc1nc(CCC(=O)NC(CC(=O)O)C(=O)O)ccc1OC2=O.O=C(O)C(F)(F)F. The van der Waals surface area contributed by atoms with Crippen LogP contribution in [0.4, 0.5) is 18.9 Å². The average molecular weight is 583 g/mol. The van der Waals surface area contributed by atoms with E-state index in [0.29, 0.717) is 46.8 Å². The van der Waals surface area contributed by atoms with Crippen LogP contribution in [0.2, 0.25) is 0 Å². The largest absolute Gasteiger partial charge is 0.490 e. The van der Waals surface area contributed by atoms with E-state index < -0.39 is 48.4 Å². The first-order chi connectivity index (χ1) is 19.1. The van der Waals surface area contributed by atoms with Crippen molar-refractivity contribution in [2.45, 2.75) is 44.3 Å². The van der Waals surface area contributed by atoms with Crippen molar-refractivity contribution in [2.75, 3.05) is 5.32 Å². The molecule has 1 amide bonds. The summed E-state index contributed by atoms with van der Waals surface area (Å²) in [5.41, 5.74) is 8.08. The number of amides is 1. The van der Waals surface area contributed by atoms with Gasteiger partial charge in [0.1, 0.15) is 6.04 Å². The van der Waals surface area contributed by atoms with Gasteiger partial charge in [0.2, 0.25) is 5.91 Å².